The molecule has 3 nitrogen and oxygen atoms in total. The minimum atomic E-state index is -0.00569. The van der Waals surface area contributed by atoms with E-state index in [1.165, 1.54) is 9.77 Å². The maximum Gasteiger partial charge on any atom is 0.260 e. The van der Waals surface area contributed by atoms with Crippen LogP contribution in [-0.2, 0) is 6.42 Å². The molecule has 0 fully saturated rings. The number of H-pyrrole nitrogens is 1. The highest BCUT2D eigenvalue weighted by atomic mass is 32.2. The Labute approximate surface area is 124 Å². The average molecular weight is 300 g/mol. The predicted octanol–water partition coefficient (Wildman–Crippen LogP) is 3.69. The van der Waals surface area contributed by atoms with Crippen LogP contribution < -0.4 is 5.56 Å². The number of rotatable bonds is 1. The van der Waals surface area contributed by atoms with E-state index in [-0.39, 0.29) is 5.56 Å². The lowest BCUT2D eigenvalue weighted by Gasteiger charge is -2.09. The van der Waals surface area contributed by atoms with E-state index in [0.717, 1.165) is 34.4 Å². The molecule has 3 heterocycles. The van der Waals surface area contributed by atoms with Gasteiger partial charge in [0.05, 0.1) is 9.60 Å². The van der Waals surface area contributed by atoms with Gasteiger partial charge in [0, 0.05) is 5.56 Å². The minimum absolute atomic E-state index is 0.00569. The monoisotopic (exact) mass is 300 g/mol. The number of thioether (sulfide) groups is 1. The molecule has 3 aromatic rings. The normalized spacial score (nSPS) is 14.4. The van der Waals surface area contributed by atoms with Gasteiger partial charge in [-0.2, -0.15) is 0 Å². The van der Waals surface area contributed by atoms with Crippen LogP contribution in [0.1, 0.15) is 12.0 Å². The number of hydrogen-bond acceptors (Lipinski definition) is 4. The summed E-state index contributed by atoms with van der Waals surface area (Å²) in [6.45, 7) is 0. The third kappa shape index (κ3) is 1.89. The zero-order valence-electron chi connectivity index (χ0n) is 10.7. The van der Waals surface area contributed by atoms with Crippen LogP contribution >= 0.6 is 23.1 Å². The SMILES string of the molecule is O=c1[nH]c(-c2ccccc2)nc2sc3c(c12)CCCS3. The number of fused-ring (bicyclic) bond motifs is 3. The molecule has 5 heteroatoms. The summed E-state index contributed by atoms with van der Waals surface area (Å²) in [5, 5.41) is 0.803. The van der Waals surface area contributed by atoms with Gasteiger partial charge in [0.1, 0.15) is 10.7 Å². The second kappa shape index (κ2) is 4.75. The second-order valence-electron chi connectivity index (χ2n) is 4.78. The summed E-state index contributed by atoms with van der Waals surface area (Å²) >= 11 is 3.51. The summed E-state index contributed by atoms with van der Waals surface area (Å²) in [6, 6.07) is 9.79. The molecule has 0 saturated carbocycles. The molecule has 1 aromatic carbocycles. The highest BCUT2D eigenvalue weighted by Crippen LogP contribution is 2.40. The van der Waals surface area contributed by atoms with Gasteiger partial charge in [0.25, 0.3) is 5.56 Å². The van der Waals surface area contributed by atoms with Crippen molar-refractivity contribution in [2.45, 2.75) is 17.1 Å². The molecule has 4 rings (SSSR count). The molecule has 2 aromatic heterocycles. The molecule has 0 bridgehead atoms. The summed E-state index contributed by atoms with van der Waals surface area (Å²) in [5.41, 5.74) is 2.15. The molecule has 0 atom stereocenters. The zero-order valence-corrected chi connectivity index (χ0v) is 12.3. The van der Waals surface area contributed by atoms with E-state index in [4.69, 9.17) is 0 Å². The van der Waals surface area contributed by atoms with Gasteiger partial charge < -0.3 is 4.98 Å². The smallest absolute Gasteiger partial charge is 0.260 e. The topological polar surface area (TPSA) is 45.8 Å². The first kappa shape index (κ1) is 12.2. The van der Waals surface area contributed by atoms with Crippen LogP contribution in [0.5, 0.6) is 0 Å². The fourth-order valence-corrected chi connectivity index (χ4v) is 5.07. The molecule has 0 unspecified atom stereocenters. The van der Waals surface area contributed by atoms with Crippen LogP contribution in [-0.4, -0.2) is 15.7 Å². The molecule has 0 radical (unpaired) electrons. The molecule has 1 aliphatic heterocycles. The lowest BCUT2D eigenvalue weighted by molar-refractivity contribution is 0.910. The number of nitrogens with zero attached hydrogens (tertiary/aromatic N) is 1. The van der Waals surface area contributed by atoms with Crippen LogP contribution in [0, 0.1) is 0 Å². The maximum atomic E-state index is 12.4. The van der Waals surface area contributed by atoms with E-state index >= 15 is 0 Å². The van der Waals surface area contributed by atoms with Gasteiger partial charge in [-0.3, -0.25) is 4.79 Å². The molecule has 0 spiro atoms. The minimum Gasteiger partial charge on any atom is -0.306 e. The van der Waals surface area contributed by atoms with Crippen molar-refractivity contribution >= 4 is 33.3 Å². The van der Waals surface area contributed by atoms with Crippen LogP contribution in [0.15, 0.2) is 39.3 Å². The van der Waals surface area contributed by atoms with E-state index in [1.54, 1.807) is 11.3 Å². The van der Waals surface area contributed by atoms with E-state index in [2.05, 4.69) is 9.97 Å². The third-order valence-corrected chi connectivity index (χ3v) is 6.00. The molecule has 0 amide bonds. The highest BCUT2D eigenvalue weighted by molar-refractivity contribution is 8.01. The van der Waals surface area contributed by atoms with Gasteiger partial charge in [-0.1, -0.05) is 30.3 Å². The van der Waals surface area contributed by atoms with E-state index in [1.807, 2.05) is 42.1 Å². The quantitative estimate of drug-likeness (QED) is 0.745. The van der Waals surface area contributed by atoms with Gasteiger partial charge in [-0.25, -0.2) is 4.98 Å². The van der Waals surface area contributed by atoms with E-state index in [9.17, 15) is 4.79 Å². The lowest BCUT2D eigenvalue weighted by atomic mass is 10.1. The maximum absolute atomic E-state index is 12.4. The second-order valence-corrected chi connectivity index (χ2v) is 7.14. The number of nitrogens with one attached hydrogen (secondary N) is 1. The highest BCUT2D eigenvalue weighted by Gasteiger charge is 2.20. The molecular weight excluding hydrogens is 288 g/mol. The standard InChI is InChI=1S/C15H12N2OS2/c18-13-11-10-7-4-8-19-15(10)20-14(11)17-12(16-13)9-5-2-1-3-6-9/h1-3,5-6H,4,7-8H2,(H,16,17,18). The van der Waals surface area contributed by atoms with Crippen molar-refractivity contribution in [2.75, 3.05) is 5.75 Å². The Kier molecular flexibility index (Phi) is 2.89. The van der Waals surface area contributed by atoms with Crippen molar-refractivity contribution in [3.05, 3.63) is 46.2 Å². The number of aromatic nitrogens is 2. The molecule has 0 saturated heterocycles. The number of aromatic amines is 1. The lowest BCUT2D eigenvalue weighted by Crippen LogP contribution is -2.10. The Morgan fingerprint density at radius 3 is 2.90 bits per heavy atom. The zero-order chi connectivity index (χ0) is 13.5. The van der Waals surface area contributed by atoms with Crippen LogP contribution in [0.25, 0.3) is 21.6 Å². The van der Waals surface area contributed by atoms with E-state index < -0.39 is 0 Å². The third-order valence-electron chi connectivity index (χ3n) is 3.48. The van der Waals surface area contributed by atoms with Crippen molar-refractivity contribution in [3.8, 4) is 11.4 Å². The Balaban J connectivity index is 1.97. The molecular formula is C15H12N2OS2. The first-order valence-electron chi connectivity index (χ1n) is 6.57. The number of thiophene rings is 1. The first-order chi connectivity index (χ1) is 9.83. The molecule has 20 heavy (non-hydrogen) atoms. The fraction of sp³-hybridized carbons (Fsp3) is 0.200. The molecule has 1 N–H and O–H groups in total. The van der Waals surface area contributed by atoms with Crippen LogP contribution in [0.4, 0.5) is 0 Å². The Morgan fingerprint density at radius 1 is 1.20 bits per heavy atom. The number of benzene rings is 1. The van der Waals surface area contributed by atoms with Gasteiger partial charge in [0.2, 0.25) is 0 Å². The van der Waals surface area contributed by atoms with E-state index in [0.29, 0.717) is 5.82 Å². The Bertz CT molecular complexity index is 836. The summed E-state index contributed by atoms with van der Waals surface area (Å²) < 4.78 is 1.27. The predicted molar refractivity (Wildman–Crippen MR) is 84.7 cm³/mol. The largest absolute Gasteiger partial charge is 0.306 e. The summed E-state index contributed by atoms with van der Waals surface area (Å²) in [4.78, 5) is 20.9. The average Bonchev–Trinajstić information content (AvgIpc) is 2.87. The van der Waals surface area contributed by atoms with Gasteiger partial charge in [-0.15, -0.1) is 23.1 Å². The fourth-order valence-electron chi connectivity index (χ4n) is 2.53. The Morgan fingerprint density at radius 2 is 2.05 bits per heavy atom. The van der Waals surface area contributed by atoms with Crippen molar-refractivity contribution in [3.63, 3.8) is 0 Å². The summed E-state index contributed by atoms with van der Waals surface area (Å²) in [6.07, 6.45) is 2.14. The molecule has 0 aliphatic carbocycles. The summed E-state index contributed by atoms with van der Waals surface area (Å²) in [5.74, 6) is 1.80. The van der Waals surface area contributed by atoms with Crippen LogP contribution in [0.3, 0.4) is 0 Å². The van der Waals surface area contributed by atoms with Crippen molar-refractivity contribution in [1.29, 1.82) is 0 Å². The van der Waals surface area contributed by atoms with Gasteiger partial charge in [-0.05, 0) is 24.2 Å². The Hall–Kier alpha value is -1.59. The van der Waals surface area contributed by atoms with Crippen LogP contribution in [0.2, 0.25) is 0 Å². The van der Waals surface area contributed by atoms with Crippen molar-refractivity contribution in [1.82, 2.24) is 9.97 Å². The number of hydrogen-bond donors (Lipinski definition) is 1. The van der Waals surface area contributed by atoms with Crippen molar-refractivity contribution < 1.29 is 0 Å². The van der Waals surface area contributed by atoms with Gasteiger partial charge in [0.15, 0.2) is 0 Å². The summed E-state index contributed by atoms with van der Waals surface area (Å²) in [7, 11) is 0. The van der Waals surface area contributed by atoms with Crippen molar-refractivity contribution in [2.24, 2.45) is 0 Å². The van der Waals surface area contributed by atoms with Gasteiger partial charge >= 0.3 is 0 Å². The molecule has 1 aliphatic rings. The first-order valence-corrected chi connectivity index (χ1v) is 8.37. The number of aryl methyl sites for hydroxylation is 1. The molecule has 100 valence electrons.